The third-order valence-electron chi connectivity index (χ3n) is 3.08. The SMILES string of the molecule is CC(C)Cc1noc(COC(=O)Cc2cccc(OC(C)C)c2)n1. The second kappa shape index (κ2) is 8.47. The summed E-state index contributed by atoms with van der Waals surface area (Å²) < 4.78 is 15.9. The second-order valence-electron chi connectivity index (χ2n) is 6.35. The Balaban J connectivity index is 1.84. The monoisotopic (exact) mass is 332 g/mol. The lowest BCUT2D eigenvalue weighted by atomic mass is 10.1. The summed E-state index contributed by atoms with van der Waals surface area (Å²) in [6.07, 6.45) is 0.993. The number of benzene rings is 1. The van der Waals surface area contributed by atoms with Gasteiger partial charge in [0.05, 0.1) is 12.5 Å². The molecule has 2 aromatic rings. The van der Waals surface area contributed by atoms with Gasteiger partial charge in [0.2, 0.25) is 0 Å². The standard InChI is InChI=1S/C18H24N2O4/c1-12(2)8-16-19-17(24-20-16)11-22-18(21)10-14-6-5-7-15(9-14)23-13(3)4/h5-7,9,12-13H,8,10-11H2,1-4H3. The van der Waals surface area contributed by atoms with Gasteiger partial charge < -0.3 is 14.0 Å². The van der Waals surface area contributed by atoms with Gasteiger partial charge in [0.15, 0.2) is 12.4 Å². The highest BCUT2D eigenvalue weighted by Crippen LogP contribution is 2.16. The van der Waals surface area contributed by atoms with E-state index in [4.69, 9.17) is 14.0 Å². The summed E-state index contributed by atoms with van der Waals surface area (Å²) in [4.78, 5) is 16.2. The summed E-state index contributed by atoms with van der Waals surface area (Å²) in [6.45, 7) is 8.06. The van der Waals surface area contributed by atoms with E-state index < -0.39 is 0 Å². The zero-order valence-electron chi connectivity index (χ0n) is 14.6. The fourth-order valence-electron chi connectivity index (χ4n) is 2.16. The van der Waals surface area contributed by atoms with E-state index in [9.17, 15) is 4.79 Å². The molecule has 0 radical (unpaired) electrons. The van der Waals surface area contributed by atoms with Crippen LogP contribution in [-0.4, -0.2) is 22.2 Å². The Morgan fingerprint density at radius 1 is 1.25 bits per heavy atom. The normalized spacial score (nSPS) is 11.1. The molecule has 0 fully saturated rings. The molecule has 6 nitrogen and oxygen atoms in total. The van der Waals surface area contributed by atoms with Gasteiger partial charge in [-0.25, -0.2) is 0 Å². The molecule has 130 valence electrons. The van der Waals surface area contributed by atoms with E-state index in [1.165, 1.54) is 0 Å². The van der Waals surface area contributed by atoms with Crippen LogP contribution < -0.4 is 4.74 Å². The maximum absolute atomic E-state index is 12.0. The summed E-state index contributed by atoms with van der Waals surface area (Å²) in [5, 5.41) is 3.86. The highest BCUT2D eigenvalue weighted by atomic mass is 16.6. The van der Waals surface area contributed by atoms with E-state index in [2.05, 4.69) is 24.0 Å². The van der Waals surface area contributed by atoms with Gasteiger partial charge in [-0.05, 0) is 37.5 Å². The highest BCUT2D eigenvalue weighted by Gasteiger charge is 2.12. The maximum Gasteiger partial charge on any atom is 0.310 e. The Morgan fingerprint density at radius 3 is 2.75 bits per heavy atom. The Labute approximate surface area is 142 Å². The van der Waals surface area contributed by atoms with Crippen LogP contribution in [0.25, 0.3) is 0 Å². The van der Waals surface area contributed by atoms with Crippen molar-refractivity contribution < 1.29 is 18.8 Å². The number of esters is 1. The van der Waals surface area contributed by atoms with Crippen LogP contribution >= 0.6 is 0 Å². The fourth-order valence-corrected chi connectivity index (χ4v) is 2.16. The number of carbonyl (C=O) groups is 1. The van der Waals surface area contributed by atoms with Gasteiger partial charge in [-0.2, -0.15) is 4.98 Å². The zero-order chi connectivity index (χ0) is 17.5. The third-order valence-corrected chi connectivity index (χ3v) is 3.08. The first-order valence-corrected chi connectivity index (χ1v) is 8.15. The molecular formula is C18H24N2O4. The summed E-state index contributed by atoms with van der Waals surface area (Å²) in [7, 11) is 0. The average molecular weight is 332 g/mol. The predicted molar refractivity (Wildman–Crippen MR) is 88.5 cm³/mol. The van der Waals surface area contributed by atoms with E-state index in [-0.39, 0.29) is 25.1 Å². The first-order chi connectivity index (χ1) is 11.4. The van der Waals surface area contributed by atoms with E-state index >= 15 is 0 Å². The number of nitrogens with zero attached hydrogens (tertiary/aromatic N) is 2. The molecular weight excluding hydrogens is 308 g/mol. The molecule has 0 saturated heterocycles. The average Bonchev–Trinajstić information content (AvgIpc) is 2.91. The first kappa shape index (κ1) is 18.0. The van der Waals surface area contributed by atoms with Gasteiger partial charge in [-0.3, -0.25) is 4.79 Å². The second-order valence-corrected chi connectivity index (χ2v) is 6.35. The molecule has 2 rings (SSSR count). The molecule has 1 heterocycles. The van der Waals surface area contributed by atoms with E-state index in [1.807, 2.05) is 38.1 Å². The molecule has 1 aromatic heterocycles. The number of carbonyl (C=O) groups excluding carboxylic acids is 1. The molecule has 0 unspecified atom stereocenters. The molecule has 0 aliphatic carbocycles. The van der Waals surface area contributed by atoms with Crippen molar-refractivity contribution in [2.75, 3.05) is 0 Å². The smallest absolute Gasteiger partial charge is 0.310 e. The third kappa shape index (κ3) is 6.02. The van der Waals surface area contributed by atoms with Crippen LogP contribution in [0.4, 0.5) is 0 Å². The van der Waals surface area contributed by atoms with Gasteiger partial charge >= 0.3 is 5.97 Å². The van der Waals surface area contributed by atoms with Gasteiger partial charge in [-0.1, -0.05) is 31.1 Å². The number of rotatable bonds is 8. The minimum atomic E-state index is -0.347. The van der Waals surface area contributed by atoms with Crippen molar-refractivity contribution in [1.29, 1.82) is 0 Å². The van der Waals surface area contributed by atoms with Crippen molar-refractivity contribution in [3.8, 4) is 5.75 Å². The zero-order valence-corrected chi connectivity index (χ0v) is 14.6. The Morgan fingerprint density at radius 2 is 2.04 bits per heavy atom. The molecule has 1 aromatic carbocycles. The predicted octanol–water partition coefficient (Wildman–Crippen LogP) is 3.34. The van der Waals surface area contributed by atoms with Crippen molar-refractivity contribution >= 4 is 5.97 Å². The van der Waals surface area contributed by atoms with Crippen LogP contribution in [0.5, 0.6) is 5.75 Å². The molecule has 0 N–H and O–H groups in total. The Bertz CT molecular complexity index is 665. The quantitative estimate of drug-likeness (QED) is 0.690. The van der Waals surface area contributed by atoms with Crippen LogP contribution in [0.2, 0.25) is 0 Å². The fraction of sp³-hybridized carbons (Fsp3) is 0.500. The summed E-state index contributed by atoms with van der Waals surface area (Å²) in [5.74, 6) is 1.79. The topological polar surface area (TPSA) is 74.5 Å². The van der Waals surface area contributed by atoms with Crippen molar-refractivity contribution in [2.24, 2.45) is 5.92 Å². The lowest BCUT2D eigenvalue weighted by Gasteiger charge is -2.10. The van der Waals surface area contributed by atoms with Crippen molar-refractivity contribution in [3.05, 3.63) is 41.5 Å². The van der Waals surface area contributed by atoms with Gasteiger partial charge in [0.25, 0.3) is 5.89 Å². The molecule has 24 heavy (non-hydrogen) atoms. The summed E-state index contributed by atoms with van der Waals surface area (Å²) in [5.41, 5.74) is 0.837. The lowest BCUT2D eigenvalue weighted by molar-refractivity contribution is -0.144. The maximum atomic E-state index is 12.0. The van der Waals surface area contributed by atoms with E-state index in [0.29, 0.717) is 17.6 Å². The van der Waals surface area contributed by atoms with Crippen molar-refractivity contribution in [1.82, 2.24) is 10.1 Å². The van der Waals surface area contributed by atoms with Crippen LogP contribution in [0.15, 0.2) is 28.8 Å². The number of hydrogen-bond donors (Lipinski definition) is 0. The molecule has 0 aliphatic rings. The van der Waals surface area contributed by atoms with Crippen molar-refractivity contribution in [3.63, 3.8) is 0 Å². The minimum Gasteiger partial charge on any atom is -0.491 e. The molecule has 0 bridgehead atoms. The van der Waals surface area contributed by atoms with Gasteiger partial charge in [0.1, 0.15) is 5.75 Å². The molecule has 0 amide bonds. The van der Waals surface area contributed by atoms with Gasteiger partial charge in [-0.15, -0.1) is 0 Å². The largest absolute Gasteiger partial charge is 0.491 e. The molecule has 6 heteroatoms. The first-order valence-electron chi connectivity index (χ1n) is 8.15. The van der Waals surface area contributed by atoms with Crippen LogP contribution in [0.3, 0.4) is 0 Å². The Kier molecular flexibility index (Phi) is 6.35. The number of aromatic nitrogens is 2. The Hall–Kier alpha value is -2.37. The number of hydrogen-bond acceptors (Lipinski definition) is 6. The minimum absolute atomic E-state index is 0.00782. The summed E-state index contributed by atoms with van der Waals surface area (Å²) in [6, 6.07) is 7.43. The molecule has 0 saturated carbocycles. The van der Waals surface area contributed by atoms with Gasteiger partial charge in [0, 0.05) is 6.42 Å². The van der Waals surface area contributed by atoms with Crippen LogP contribution in [0, 0.1) is 5.92 Å². The summed E-state index contributed by atoms with van der Waals surface area (Å²) >= 11 is 0. The highest BCUT2D eigenvalue weighted by molar-refractivity contribution is 5.72. The van der Waals surface area contributed by atoms with Crippen LogP contribution in [0.1, 0.15) is 45.0 Å². The lowest BCUT2D eigenvalue weighted by Crippen LogP contribution is -2.09. The van der Waals surface area contributed by atoms with E-state index in [0.717, 1.165) is 17.7 Å². The van der Waals surface area contributed by atoms with Crippen LogP contribution in [-0.2, 0) is 29.0 Å². The van der Waals surface area contributed by atoms with Crippen molar-refractivity contribution in [2.45, 2.75) is 53.2 Å². The van der Waals surface area contributed by atoms with E-state index in [1.54, 1.807) is 0 Å². The molecule has 0 aliphatic heterocycles. The molecule has 0 atom stereocenters. The number of ether oxygens (including phenoxy) is 2. The molecule has 0 spiro atoms.